The maximum absolute atomic E-state index is 15.2. The highest BCUT2D eigenvalue weighted by molar-refractivity contribution is 7.91. The average Bonchev–Trinajstić information content (AvgIpc) is 3.58. The lowest BCUT2D eigenvalue weighted by molar-refractivity contribution is -0.126. The van der Waals surface area contributed by atoms with Crippen LogP contribution in [0.15, 0.2) is 58.7 Å². The van der Waals surface area contributed by atoms with E-state index in [0.717, 1.165) is 18.4 Å². The van der Waals surface area contributed by atoms with Crippen molar-refractivity contribution in [3.8, 4) is 0 Å². The molecule has 1 fully saturated rings. The molecule has 0 bridgehead atoms. The Bertz CT molecular complexity index is 1720. The number of aliphatic hydroxyl groups excluding tert-OH is 1. The summed E-state index contributed by atoms with van der Waals surface area (Å²) in [4.78, 5) is 28.7. The Hall–Kier alpha value is -3.77. The van der Waals surface area contributed by atoms with Crippen LogP contribution in [0.2, 0.25) is 0 Å². The van der Waals surface area contributed by atoms with Gasteiger partial charge in [-0.2, -0.15) is 0 Å². The summed E-state index contributed by atoms with van der Waals surface area (Å²) in [6.07, 6.45) is 7.21. The van der Waals surface area contributed by atoms with Crippen LogP contribution in [0.4, 0.5) is 14.5 Å². The minimum absolute atomic E-state index is 0.0288. The van der Waals surface area contributed by atoms with E-state index in [1.165, 1.54) is 10.6 Å². The molecule has 12 heteroatoms. The number of aromatic nitrogens is 1. The van der Waals surface area contributed by atoms with Crippen LogP contribution in [0.25, 0.3) is 11.3 Å². The third-order valence-electron chi connectivity index (χ3n) is 8.01. The van der Waals surface area contributed by atoms with Gasteiger partial charge in [0, 0.05) is 43.9 Å². The second-order valence-corrected chi connectivity index (χ2v) is 13.1. The van der Waals surface area contributed by atoms with Crippen LogP contribution in [0.3, 0.4) is 0 Å². The van der Waals surface area contributed by atoms with Crippen molar-refractivity contribution in [1.29, 1.82) is 0 Å². The number of carbonyl (C=O) groups is 1. The number of aryl methyl sites for hydroxylation is 1. The summed E-state index contributed by atoms with van der Waals surface area (Å²) in [5.74, 6) is -3.08. The van der Waals surface area contributed by atoms with Crippen molar-refractivity contribution >= 4 is 32.7 Å². The van der Waals surface area contributed by atoms with E-state index in [4.69, 9.17) is 0 Å². The van der Waals surface area contributed by atoms with E-state index in [0.29, 0.717) is 40.8 Å². The number of fused-ring (bicyclic) bond motifs is 2. The number of aliphatic hydroxyl groups is 1. The van der Waals surface area contributed by atoms with Crippen molar-refractivity contribution in [1.82, 2.24) is 15.2 Å². The molecule has 2 aliphatic carbocycles. The number of nitrogens with one attached hydrogen (secondary N) is 2. The summed E-state index contributed by atoms with van der Waals surface area (Å²) in [6.45, 7) is -0.130. The van der Waals surface area contributed by atoms with E-state index < -0.39 is 39.0 Å². The number of rotatable bonds is 6. The molecule has 2 aromatic rings. The van der Waals surface area contributed by atoms with Gasteiger partial charge in [-0.15, -0.1) is 0 Å². The average molecular weight is 571 g/mol. The van der Waals surface area contributed by atoms with Gasteiger partial charge in [-0.05, 0) is 53.8 Å². The molecule has 0 radical (unpaired) electrons. The second kappa shape index (κ2) is 9.13. The molecule has 9 nitrogen and oxygen atoms in total. The Morgan fingerprint density at radius 3 is 2.65 bits per heavy atom. The maximum Gasteiger partial charge on any atom is 0.260 e. The van der Waals surface area contributed by atoms with E-state index in [2.05, 4.69) is 10.6 Å². The van der Waals surface area contributed by atoms with Crippen molar-refractivity contribution in [2.45, 2.75) is 24.4 Å². The van der Waals surface area contributed by atoms with E-state index >= 15 is 4.39 Å². The van der Waals surface area contributed by atoms with Crippen molar-refractivity contribution < 1.29 is 27.1 Å². The number of pyridine rings is 1. The number of anilines is 1. The second-order valence-electron chi connectivity index (χ2n) is 11.0. The molecule has 0 spiro atoms. The third kappa shape index (κ3) is 4.35. The van der Waals surface area contributed by atoms with Gasteiger partial charge in [-0.25, -0.2) is 17.2 Å². The van der Waals surface area contributed by atoms with Crippen molar-refractivity contribution in [2.75, 3.05) is 30.1 Å². The molecule has 6 rings (SSSR count). The van der Waals surface area contributed by atoms with Crippen LogP contribution in [0, 0.1) is 17.6 Å². The molecular weight excluding hydrogens is 542 g/mol. The van der Waals surface area contributed by atoms with Crippen LogP contribution >= 0.6 is 0 Å². The van der Waals surface area contributed by atoms with E-state index in [1.54, 1.807) is 36.5 Å². The number of halogens is 2. The highest BCUT2D eigenvalue weighted by atomic mass is 32.2. The summed E-state index contributed by atoms with van der Waals surface area (Å²) < 4.78 is 55.3. The zero-order chi connectivity index (χ0) is 28.6. The minimum atomic E-state index is -3.52. The summed E-state index contributed by atoms with van der Waals surface area (Å²) in [5, 5.41) is 16.0. The number of benzene rings is 1. The largest absolute Gasteiger partial charge is 0.394 e. The van der Waals surface area contributed by atoms with E-state index in [9.17, 15) is 27.5 Å². The Kier molecular flexibility index (Phi) is 6.04. The van der Waals surface area contributed by atoms with Gasteiger partial charge >= 0.3 is 0 Å². The van der Waals surface area contributed by atoms with Gasteiger partial charge in [0.1, 0.15) is 11.6 Å². The predicted octanol–water partition coefficient (Wildman–Crippen LogP) is 1.45. The fraction of sp³-hybridized carbons (Fsp3) is 0.357. The molecule has 2 aliphatic heterocycles. The monoisotopic (exact) mass is 570 g/mol. The van der Waals surface area contributed by atoms with Crippen LogP contribution < -0.4 is 21.1 Å². The Morgan fingerprint density at radius 2 is 2.00 bits per heavy atom. The summed E-state index contributed by atoms with van der Waals surface area (Å²) >= 11 is 0. The fourth-order valence-corrected chi connectivity index (χ4v) is 6.64. The molecule has 3 N–H and O–H groups in total. The number of hydrogen-bond acceptors (Lipinski definition) is 7. The lowest BCUT2D eigenvalue weighted by atomic mass is 9.84. The number of carbonyl (C=O) groups excluding carboxylic acids is 1. The fourth-order valence-electron chi connectivity index (χ4n) is 5.83. The molecule has 2 unspecified atom stereocenters. The normalized spacial score (nSPS) is 22.5. The first-order valence-corrected chi connectivity index (χ1v) is 14.9. The zero-order valence-corrected chi connectivity index (χ0v) is 22.7. The molecular formula is C28H28F2N4O5S. The molecule has 210 valence electrons. The molecule has 1 saturated carbocycles. The standard InChI is InChI=1S/C28H28F2N4O5S/c1-33-8-5-18-16(13-40(2,38)39)9-15-12-34(21-4-3-17(29)10-20(21)30)25-19(26(36)32-28(14-35)6-7-28)11-31-24(22(15)25)23(18)27(33)37/h3-5,8-10,12,19,25,31,35H,6-7,11,13-14H2,1-2H3,(H,32,36). The lowest BCUT2D eigenvalue weighted by Crippen LogP contribution is -2.54. The number of amides is 1. The van der Waals surface area contributed by atoms with Crippen molar-refractivity contribution in [3.63, 3.8) is 0 Å². The molecule has 1 amide bonds. The molecule has 1 aromatic heterocycles. The lowest BCUT2D eigenvalue weighted by Gasteiger charge is -2.38. The van der Waals surface area contributed by atoms with Gasteiger partial charge < -0.3 is 25.2 Å². The summed E-state index contributed by atoms with van der Waals surface area (Å²) in [6, 6.07) is 4.06. The number of nitrogens with zero attached hydrogens (tertiary/aromatic N) is 2. The Labute approximate surface area is 229 Å². The molecule has 2 atom stereocenters. The highest BCUT2D eigenvalue weighted by Gasteiger charge is 2.50. The van der Waals surface area contributed by atoms with Gasteiger partial charge in [0.15, 0.2) is 9.84 Å². The highest BCUT2D eigenvalue weighted by Crippen LogP contribution is 2.46. The first-order chi connectivity index (χ1) is 18.9. The summed E-state index contributed by atoms with van der Waals surface area (Å²) in [7, 11) is -1.93. The summed E-state index contributed by atoms with van der Waals surface area (Å²) in [5.41, 5.74) is 1.56. The van der Waals surface area contributed by atoms with Gasteiger partial charge in [-0.3, -0.25) is 9.59 Å². The SMILES string of the molecule is Cn1ccc2c(c1=O)C1=C3C(=CN(c4ccc(F)cc4F)C3C(C(=O)NC3(CO)CC3)CN1)C=C2CS(C)(=O)=O. The minimum Gasteiger partial charge on any atom is -0.394 e. The van der Waals surface area contributed by atoms with Gasteiger partial charge in [0.2, 0.25) is 5.91 Å². The maximum atomic E-state index is 15.2. The molecule has 0 saturated heterocycles. The predicted molar refractivity (Wildman–Crippen MR) is 146 cm³/mol. The van der Waals surface area contributed by atoms with E-state index in [-0.39, 0.29) is 41.6 Å². The molecule has 4 aliphatic rings. The number of sulfone groups is 1. The molecule has 40 heavy (non-hydrogen) atoms. The smallest absolute Gasteiger partial charge is 0.260 e. The van der Waals surface area contributed by atoms with Crippen molar-refractivity contribution in [3.05, 3.63) is 87.0 Å². The molecule has 1 aromatic carbocycles. The zero-order valence-electron chi connectivity index (χ0n) is 21.9. The number of allylic oxidation sites excluding steroid dienone is 1. The Balaban J connectivity index is 1.58. The van der Waals surface area contributed by atoms with Crippen molar-refractivity contribution in [2.24, 2.45) is 13.0 Å². The Morgan fingerprint density at radius 1 is 1.25 bits per heavy atom. The topological polar surface area (TPSA) is 121 Å². The quantitative estimate of drug-likeness (QED) is 0.481. The third-order valence-corrected chi connectivity index (χ3v) is 8.85. The van der Waals surface area contributed by atoms with Gasteiger partial charge in [-0.1, -0.05) is 0 Å². The molecule has 3 heterocycles. The van der Waals surface area contributed by atoms with Crippen LogP contribution in [-0.4, -0.2) is 60.7 Å². The van der Waals surface area contributed by atoms with Gasteiger partial charge in [0.05, 0.1) is 46.8 Å². The van der Waals surface area contributed by atoms with Crippen LogP contribution in [0.1, 0.15) is 24.0 Å². The van der Waals surface area contributed by atoms with E-state index in [1.807, 2.05) is 0 Å². The number of hydrogen-bond donors (Lipinski definition) is 3. The first-order valence-electron chi connectivity index (χ1n) is 12.9. The van der Waals surface area contributed by atoms with Crippen LogP contribution in [0.5, 0.6) is 0 Å². The van der Waals surface area contributed by atoms with Crippen LogP contribution in [-0.2, 0) is 21.7 Å². The first kappa shape index (κ1) is 26.5. The van der Waals surface area contributed by atoms with Gasteiger partial charge in [0.25, 0.3) is 5.56 Å².